The maximum Gasteiger partial charge on any atom is 0.341 e. The van der Waals surface area contributed by atoms with Crippen LogP contribution in [0.1, 0.15) is 88.6 Å². The SMILES string of the molecule is COc1ccc(OC)c(-n2c3c(cc(C#N)c2=O)C(=O)CC(C)(C)C3)c1.COc1ccc(OC)c(-n2c3c(cc(C(=O)O)c2=O)C(=O)CC(C)(C)C3)c1.Cl. The maximum atomic E-state index is 13.0. The standard InChI is InChI=1S/C20H20N2O4.C20H21NO6.ClH/c1-20(2)9-16-14(17(23)10-20)7-12(11-21)19(24)22(16)15-8-13(25-3)5-6-18(15)26-4;1-20(2)9-15-12(16(22)10-20)8-13(19(24)25)18(23)21(15)14-7-11(26-3)5-6-17(14)27-4;/h5-8H,9-10H2,1-4H3;5-8H,9-10H2,1-4H3,(H,24,25);1H. The molecule has 0 fully saturated rings. The fourth-order valence-corrected chi connectivity index (χ4v) is 6.91. The Labute approximate surface area is 318 Å². The summed E-state index contributed by atoms with van der Waals surface area (Å²) < 4.78 is 24.0. The average molecular weight is 760 g/mol. The molecule has 0 saturated heterocycles. The van der Waals surface area contributed by atoms with Gasteiger partial charge in [0.15, 0.2) is 11.6 Å². The highest BCUT2D eigenvalue weighted by Gasteiger charge is 2.36. The van der Waals surface area contributed by atoms with E-state index in [0.29, 0.717) is 70.6 Å². The Morgan fingerprint density at radius 3 is 1.48 bits per heavy atom. The number of benzene rings is 2. The highest BCUT2D eigenvalue weighted by Crippen LogP contribution is 2.39. The number of carboxylic acids is 1. The third kappa shape index (κ3) is 7.75. The molecule has 0 atom stereocenters. The largest absolute Gasteiger partial charge is 0.497 e. The molecule has 0 aliphatic heterocycles. The number of aromatic nitrogens is 2. The number of carboxylic acid groups (broad SMARTS) is 1. The van der Waals surface area contributed by atoms with Crippen LogP contribution in [0, 0.1) is 22.2 Å². The number of rotatable bonds is 7. The van der Waals surface area contributed by atoms with Crippen molar-refractivity contribution in [3.8, 4) is 40.4 Å². The van der Waals surface area contributed by atoms with Crippen LogP contribution in [0.4, 0.5) is 0 Å². The third-order valence-corrected chi connectivity index (χ3v) is 9.38. The molecule has 0 radical (unpaired) electrons. The van der Waals surface area contributed by atoms with E-state index in [-0.39, 0.29) is 52.4 Å². The van der Waals surface area contributed by atoms with Gasteiger partial charge in [0.1, 0.15) is 40.2 Å². The maximum absolute atomic E-state index is 13.0. The zero-order chi connectivity index (χ0) is 39.0. The van der Waals surface area contributed by atoms with Crippen molar-refractivity contribution in [1.82, 2.24) is 9.13 Å². The number of ketones is 2. The predicted octanol–water partition coefficient (Wildman–Crippen LogP) is 6.01. The van der Waals surface area contributed by atoms with Crippen molar-refractivity contribution < 1.29 is 38.4 Å². The molecule has 14 heteroatoms. The number of ether oxygens (including phenoxy) is 4. The van der Waals surface area contributed by atoms with Crippen LogP contribution < -0.4 is 30.1 Å². The minimum absolute atomic E-state index is 0. The second-order valence-electron chi connectivity index (χ2n) is 14.5. The number of nitriles is 1. The van der Waals surface area contributed by atoms with Crippen LogP contribution in [0.2, 0.25) is 0 Å². The number of fused-ring (bicyclic) bond motifs is 2. The van der Waals surface area contributed by atoms with Crippen molar-refractivity contribution in [2.75, 3.05) is 28.4 Å². The number of nitrogens with zero attached hydrogens (tertiary/aromatic N) is 3. The van der Waals surface area contributed by atoms with Crippen LogP contribution in [-0.4, -0.2) is 60.2 Å². The van der Waals surface area contributed by atoms with Crippen LogP contribution in [0.15, 0.2) is 58.1 Å². The van der Waals surface area contributed by atoms with E-state index in [2.05, 4.69) is 0 Å². The van der Waals surface area contributed by atoms with E-state index < -0.39 is 22.7 Å². The number of carbonyl (C=O) groups is 3. The molecule has 1 N–H and O–H groups in total. The highest BCUT2D eigenvalue weighted by molar-refractivity contribution is 6.01. The summed E-state index contributed by atoms with van der Waals surface area (Å²) in [6.07, 6.45) is 1.64. The normalized spacial score (nSPS) is 14.9. The van der Waals surface area contributed by atoms with Gasteiger partial charge in [-0.15, -0.1) is 12.4 Å². The molecule has 6 rings (SSSR count). The smallest absolute Gasteiger partial charge is 0.341 e. The van der Waals surface area contributed by atoms with Crippen LogP contribution in [0.3, 0.4) is 0 Å². The number of methoxy groups -OCH3 is 4. The summed E-state index contributed by atoms with van der Waals surface area (Å²) in [6.45, 7) is 7.86. The van der Waals surface area contributed by atoms with Gasteiger partial charge < -0.3 is 24.1 Å². The van der Waals surface area contributed by atoms with E-state index in [9.17, 15) is 34.3 Å². The van der Waals surface area contributed by atoms with Gasteiger partial charge in [-0.25, -0.2) is 4.79 Å². The monoisotopic (exact) mass is 759 g/mol. The van der Waals surface area contributed by atoms with Crippen molar-refractivity contribution in [3.63, 3.8) is 0 Å². The van der Waals surface area contributed by atoms with Crippen molar-refractivity contribution in [2.24, 2.45) is 10.8 Å². The van der Waals surface area contributed by atoms with Gasteiger partial charge in [-0.05, 0) is 60.1 Å². The number of hydrogen-bond acceptors (Lipinski definition) is 10. The number of Topliss-reactive ketones (excluding diaryl/α,β-unsaturated/α-hetero) is 2. The summed E-state index contributed by atoms with van der Waals surface area (Å²) in [5.41, 5.74) is 0.228. The molecule has 0 spiro atoms. The molecule has 13 nitrogen and oxygen atoms in total. The molecule has 2 heterocycles. The first-order valence-corrected chi connectivity index (χ1v) is 16.7. The Bertz CT molecular complexity index is 2330. The van der Waals surface area contributed by atoms with E-state index in [1.165, 1.54) is 49.7 Å². The van der Waals surface area contributed by atoms with Gasteiger partial charge in [0, 0.05) is 47.5 Å². The molecule has 2 aromatic carbocycles. The van der Waals surface area contributed by atoms with Crippen molar-refractivity contribution in [3.05, 3.63) is 103 Å². The van der Waals surface area contributed by atoms with Gasteiger partial charge in [0.25, 0.3) is 11.1 Å². The second-order valence-corrected chi connectivity index (χ2v) is 14.5. The first-order chi connectivity index (χ1) is 25.0. The lowest BCUT2D eigenvalue weighted by Gasteiger charge is -2.32. The Kier molecular flexibility index (Phi) is 11.8. The van der Waals surface area contributed by atoms with Crippen LogP contribution in [-0.2, 0) is 12.8 Å². The lowest BCUT2D eigenvalue weighted by Crippen LogP contribution is -2.36. The summed E-state index contributed by atoms with van der Waals surface area (Å²) in [4.78, 5) is 63.0. The topological polar surface area (TPSA) is 176 Å². The number of halogens is 1. The van der Waals surface area contributed by atoms with Crippen molar-refractivity contribution in [1.29, 1.82) is 5.26 Å². The van der Waals surface area contributed by atoms with Gasteiger partial charge in [-0.1, -0.05) is 27.7 Å². The summed E-state index contributed by atoms with van der Waals surface area (Å²) >= 11 is 0. The summed E-state index contributed by atoms with van der Waals surface area (Å²) in [5, 5.41) is 18.9. The molecule has 0 bridgehead atoms. The first-order valence-electron chi connectivity index (χ1n) is 16.7. The molecule has 284 valence electrons. The van der Waals surface area contributed by atoms with Crippen LogP contribution in [0.5, 0.6) is 23.0 Å². The second kappa shape index (κ2) is 15.6. The van der Waals surface area contributed by atoms with Gasteiger partial charge in [0.05, 0.1) is 39.8 Å². The van der Waals surface area contributed by atoms with Gasteiger partial charge in [-0.3, -0.25) is 28.3 Å². The lowest BCUT2D eigenvalue weighted by molar-refractivity contribution is 0.0694. The van der Waals surface area contributed by atoms with Crippen molar-refractivity contribution >= 4 is 29.9 Å². The van der Waals surface area contributed by atoms with Gasteiger partial charge in [0.2, 0.25) is 0 Å². The Morgan fingerprint density at radius 2 is 1.09 bits per heavy atom. The summed E-state index contributed by atoms with van der Waals surface area (Å²) in [7, 11) is 5.98. The molecule has 2 aliphatic rings. The van der Waals surface area contributed by atoms with Crippen LogP contribution >= 0.6 is 12.4 Å². The Hall–Kier alpha value is -5.87. The van der Waals surface area contributed by atoms with Crippen molar-refractivity contribution in [2.45, 2.75) is 53.4 Å². The summed E-state index contributed by atoms with van der Waals surface area (Å²) in [5.74, 6) is 0.233. The van der Waals surface area contributed by atoms with E-state index in [1.54, 1.807) is 36.4 Å². The van der Waals surface area contributed by atoms with E-state index >= 15 is 0 Å². The van der Waals surface area contributed by atoms with E-state index in [0.717, 1.165) is 0 Å². The number of aromatic carboxylic acids is 1. The molecule has 0 amide bonds. The molecule has 0 saturated carbocycles. The molecule has 2 aromatic heterocycles. The average Bonchev–Trinajstić information content (AvgIpc) is 3.10. The van der Waals surface area contributed by atoms with E-state index in [4.69, 9.17) is 18.9 Å². The molecular weight excluding hydrogens is 718 g/mol. The molecule has 2 aliphatic carbocycles. The van der Waals surface area contributed by atoms with Gasteiger partial charge >= 0.3 is 5.97 Å². The third-order valence-electron chi connectivity index (χ3n) is 9.38. The quantitative estimate of drug-likeness (QED) is 0.234. The molecule has 54 heavy (non-hydrogen) atoms. The highest BCUT2D eigenvalue weighted by atomic mass is 35.5. The number of hydrogen-bond donors (Lipinski definition) is 1. The Balaban J connectivity index is 0.000000236. The minimum Gasteiger partial charge on any atom is -0.497 e. The summed E-state index contributed by atoms with van der Waals surface area (Å²) in [6, 6.07) is 14.5. The fraction of sp³-hybridized carbons (Fsp3) is 0.350. The first kappa shape index (κ1) is 40.9. The van der Waals surface area contributed by atoms with E-state index in [1.807, 2.05) is 33.8 Å². The molecule has 0 unspecified atom stereocenters. The van der Waals surface area contributed by atoms with Crippen LogP contribution in [0.25, 0.3) is 11.4 Å². The molecule has 4 aromatic rings. The predicted molar refractivity (Wildman–Crippen MR) is 202 cm³/mol. The molecular formula is C40H42ClN3O10. The number of pyridine rings is 2. The Morgan fingerprint density at radius 1 is 0.667 bits per heavy atom. The zero-order valence-corrected chi connectivity index (χ0v) is 32.1. The zero-order valence-electron chi connectivity index (χ0n) is 31.3. The number of carbonyl (C=O) groups excluding carboxylic acids is 2. The minimum atomic E-state index is -1.38. The fourth-order valence-electron chi connectivity index (χ4n) is 6.91. The van der Waals surface area contributed by atoms with Gasteiger partial charge in [-0.2, -0.15) is 5.26 Å². The lowest BCUT2D eigenvalue weighted by atomic mass is 9.75.